The fourth-order valence-electron chi connectivity index (χ4n) is 2.13. The summed E-state index contributed by atoms with van der Waals surface area (Å²) in [5.41, 5.74) is -0.0776. The first kappa shape index (κ1) is 22.5. The first-order valence-electron chi connectivity index (χ1n) is 8.43. The molecule has 0 heterocycles. The number of ether oxygens (including phenoxy) is 4. The molecule has 2 aromatic carbocycles. The van der Waals surface area contributed by atoms with Crippen LogP contribution < -0.4 is 9.47 Å². The molecule has 0 saturated carbocycles. The highest BCUT2D eigenvalue weighted by molar-refractivity contribution is 6.01. The number of benzene rings is 2. The number of aliphatic hydroxyl groups is 2. The summed E-state index contributed by atoms with van der Waals surface area (Å²) < 4.78 is 18.7. The van der Waals surface area contributed by atoms with Crippen LogP contribution in [-0.2, 0) is 19.1 Å². The van der Waals surface area contributed by atoms with E-state index in [1.165, 1.54) is 62.8 Å². The average Bonchev–Trinajstić information content (AvgIpc) is 2.77. The number of carbonyl (C=O) groups excluding carboxylic acids is 4. The van der Waals surface area contributed by atoms with E-state index in [2.05, 4.69) is 9.47 Å². The fourth-order valence-corrected chi connectivity index (χ4v) is 2.13. The van der Waals surface area contributed by atoms with E-state index < -0.39 is 36.1 Å². The molecule has 0 bridgehead atoms. The van der Waals surface area contributed by atoms with Gasteiger partial charge in [-0.3, -0.25) is 0 Å². The average molecular weight is 418 g/mol. The zero-order chi connectivity index (χ0) is 22.3. The number of esters is 4. The lowest BCUT2D eigenvalue weighted by molar-refractivity contribution is -0.166. The van der Waals surface area contributed by atoms with Crippen molar-refractivity contribution in [1.82, 2.24) is 0 Å². The molecule has 2 N–H and O–H groups in total. The maximum atomic E-state index is 11.9. The van der Waals surface area contributed by atoms with Gasteiger partial charge in [-0.05, 0) is 48.5 Å². The number of aliphatic hydroxyl groups excluding tert-OH is 2. The summed E-state index contributed by atoms with van der Waals surface area (Å²) in [5.74, 6) is -4.54. The lowest BCUT2D eigenvalue weighted by Crippen LogP contribution is -2.43. The van der Waals surface area contributed by atoms with Crippen molar-refractivity contribution in [3.05, 3.63) is 59.7 Å². The van der Waals surface area contributed by atoms with Gasteiger partial charge in [-0.25, -0.2) is 19.2 Å². The maximum absolute atomic E-state index is 11.9. The number of hydrogen-bond acceptors (Lipinski definition) is 10. The third kappa shape index (κ3) is 5.63. The molecule has 2 rings (SSSR count). The summed E-state index contributed by atoms with van der Waals surface area (Å²) in [4.78, 5) is 47.5. The van der Waals surface area contributed by atoms with E-state index in [1.807, 2.05) is 0 Å². The van der Waals surface area contributed by atoms with E-state index in [0.29, 0.717) is 11.5 Å². The lowest BCUT2D eigenvalue weighted by Gasteiger charge is -2.14. The predicted molar refractivity (Wildman–Crippen MR) is 98.8 cm³/mol. The minimum Gasteiger partial charge on any atom is -0.497 e. The van der Waals surface area contributed by atoms with Crippen LogP contribution in [0.15, 0.2) is 48.5 Å². The van der Waals surface area contributed by atoms with E-state index >= 15 is 0 Å². The highest BCUT2D eigenvalue weighted by Crippen LogP contribution is 2.14. The highest BCUT2D eigenvalue weighted by Gasteiger charge is 2.35. The Hall–Kier alpha value is -3.76. The number of methoxy groups -OCH3 is 2. The van der Waals surface area contributed by atoms with Crippen LogP contribution in [0, 0.1) is 0 Å². The van der Waals surface area contributed by atoms with Crippen LogP contribution in [0.3, 0.4) is 0 Å². The lowest BCUT2D eigenvalue weighted by atomic mass is 10.2. The Labute approximate surface area is 170 Å². The third-order valence-electron chi connectivity index (χ3n) is 3.82. The predicted octanol–water partition coefficient (Wildman–Crippen LogP) is 0.493. The Balaban J connectivity index is 1.94. The molecule has 0 aliphatic heterocycles. The van der Waals surface area contributed by atoms with E-state index in [-0.39, 0.29) is 11.1 Å². The summed E-state index contributed by atoms with van der Waals surface area (Å²) in [7, 11) is 2.85. The Morgan fingerprint density at radius 2 is 0.933 bits per heavy atom. The van der Waals surface area contributed by atoms with Gasteiger partial charge in [0.2, 0.25) is 0 Å². The molecular formula is C20H18O10. The number of carbonyl (C=O) groups is 4. The molecule has 0 aliphatic rings. The molecule has 0 radical (unpaired) electrons. The van der Waals surface area contributed by atoms with Crippen molar-refractivity contribution in [3.63, 3.8) is 0 Å². The van der Waals surface area contributed by atoms with Crippen molar-refractivity contribution in [2.45, 2.75) is 12.2 Å². The van der Waals surface area contributed by atoms with Gasteiger partial charge in [-0.1, -0.05) is 0 Å². The summed E-state index contributed by atoms with van der Waals surface area (Å²) in [6.07, 6.45) is -4.91. The molecule has 10 nitrogen and oxygen atoms in total. The highest BCUT2D eigenvalue weighted by atomic mass is 16.6. The van der Waals surface area contributed by atoms with Crippen LogP contribution in [0.4, 0.5) is 0 Å². The van der Waals surface area contributed by atoms with Crippen molar-refractivity contribution < 1.29 is 48.3 Å². The molecule has 2 atom stereocenters. The van der Waals surface area contributed by atoms with Crippen LogP contribution in [0.1, 0.15) is 20.7 Å². The Morgan fingerprint density at radius 1 is 0.633 bits per heavy atom. The van der Waals surface area contributed by atoms with Gasteiger partial charge in [0.25, 0.3) is 0 Å². The van der Waals surface area contributed by atoms with E-state index in [0.717, 1.165) is 0 Å². The van der Waals surface area contributed by atoms with Crippen molar-refractivity contribution in [3.8, 4) is 11.5 Å². The Morgan fingerprint density at radius 3 is 1.20 bits per heavy atom. The van der Waals surface area contributed by atoms with Gasteiger partial charge < -0.3 is 29.2 Å². The van der Waals surface area contributed by atoms with Gasteiger partial charge in [0.1, 0.15) is 11.5 Å². The summed E-state index contributed by atoms with van der Waals surface area (Å²) in [6, 6.07) is 11.0. The van der Waals surface area contributed by atoms with Crippen molar-refractivity contribution in [1.29, 1.82) is 0 Å². The Bertz CT molecular complexity index is 840. The summed E-state index contributed by atoms with van der Waals surface area (Å²) in [6.45, 7) is 0. The van der Waals surface area contributed by atoms with Crippen LogP contribution in [0.2, 0.25) is 0 Å². The van der Waals surface area contributed by atoms with Crippen molar-refractivity contribution >= 4 is 23.9 Å². The zero-order valence-corrected chi connectivity index (χ0v) is 15.9. The smallest absolute Gasteiger partial charge is 0.346 e. The van der Waals surface area contributed by atoms with Gasteiger partial charge in [-0.2, -0.15) is 0 Å². The number of hydrogen-bond donors (Lipinski definition) is 2. The molecule has 0 aliphatic carbocycles. The molecule has 2 unspecified atom stereocenters. The fraction of sp³-hybridized carbons (Fsp3) is 0.200. The van der Waals surface area contributed by atoms with Gasteiger partial charge in [-0.15, -0.1) is 0 Å². The van der Waals surface area contributed by atoms with Crippen LogP contribution in [-0.4, -0.2) is 60.5 Å². The quantitative estimate of drug-likeness (QED) is 0.481. The summed E-state index contributed by atoms with van der Waals surface area (Å²) in [5, 5.41) is 19.5. The first-order valence-corrected chi connectivity index (χ1v) is 8.43. The second-order valence-corrected chi connectivity index (χ2v) is 5.76. The van der Waals surface area contributed by atoms with Crippen LogP contribution >= 0.6 is 0 Å². The summed E-state index contributed by atoms with van der Waals surface area (Å²) >= 11 is 0. The molecule has 0 saturated heterocycles. The second kappa shape index (κ2) is 10.1. The third-order valence-corrected chi connectivity index (χ3v) is 3.82. The largest absolute Gasteiger partial charge is 0.497 e. The van der Waals surface area contributed by atoms with Gasteiger partial charge in [0.05, 0.1) is 25.3 Å². The van der Waals surface area contributed by atoms with Gasteiger partial charge in [0.15, 0.2) is 12.2 Å². The van der Waals surface area contributed by atoms with Gasteiger partial charge >= 0.3 is 23.9 Å². The van der Waals surface area contributed by atoms with Gasteiger partial charge in [0, 0.05) is 0 Å². The van der Waals surface area contributed by atoms with E-state index in [4.69, 9.17) is 9.47 Å². The van der Waals surface area contributed by atoms with Crippen LogP contribution in [0.25, 0.3) is 0 Å². The monoisotopic (exact) mass is 418 g/mol. The Kier molecular flexibility index (Phi) is 7.62. The zero-order valence-electron chi connectivity index (χ0n) is 15.9. The second-order valence-electron chi connectivity index (χ2n) is 5.76. The van der Waals surface area contributed by atoms with Crippen LogP contribution in [0.5, 0.6) is 11.5 Å². The minimum atomic E-state index is -2.46. The van der Waals surface area contributed by atoms with E-state index in [9.17, 15) is 29.4 Å². The maximum Gasteiger partial charge on any atom is 0.346 e. The van der Waals surface area contributed by atoms with Crippen molar-refractivity contribution in [2.24, 2.45) is 0 Å². The molecule has 2 aromatic rings. The number of rotatable bonds is 7. The molecule has 0 fully saturated rings. The topological polar surface area (TPSA) is 146 Å². The van der Waals surface area contributed by atoms with E-state index in [1.54, 1.807) is 0 Å². The molecule has 0 aromatic heterocycles. The normalized spacial score (nSPS) is 12.3. The molecule has 158 valence electrons. The molecule has 10 heteroatoms. The molecular weight excluding hydrogens is 400 g/mol. The minimum absolute atomic E-state index is 0.0388. The SMILES string of the molecule is COc1ccc(C(=O)OC(=O)C(O)C(O)C(=O)OC(=O)c2ccc(OC)cc2)cc1. The standard InChI is InChI=1S/C20H18O10/c1-27-13-7-3-11(4-8-13)17(23)29-19(25)15(21)16(22)20(26)30-18(24)12-5-9-14(28-2)10-6-12/h3-10,15-16,21-22H,1-2H3. The molecule has 0 amide bonds. The van der Waals surface area contributed by atoms with Crippen molar-refractivity contribution in [2.75, 3.05) is 14.2 Å². The molecule has 0 spiro atoms. The molecule has 30 heavy (non-hydrogen) atoms. The first-order chi connectivity index (χ1) is 14.3.